The van der Waals surface area contributed by atoms with E-state index in [1.165, 1.54) is 5.56 Å². The van der Waals surface area contributed by atoms with Crippen molar-refractivity contribution >= 4 is 17.8 Å². The van der Waals surface area contributed by atoms with Gasteiger partial charge in [-0.1, -0.05) is 76.2 Å². The maximum Gasteiger partial charge on any atom is 0.359 e. The van der Waals surface area contributed by atoms with Crippen molar-refractivity contribution in [1.82, 2.24) is 14.7 Å². The predicted octanol–water partition coefficient (Wildman–Crippen LogP) is 8.23. The summed E-state index contributed by atoms with van der Waals surface area (Å²) in [4.78, 5) is 42.4. The van der Waals surface area contributed by atoms with Crippen LogP contribution in [0.1, 0.15) is 103 Å². The largest absolute Gasteiger partial charge is 0.461 e. The first-order valence-corrected chi connectivity index (χ1v) is 16.1. The summed E-state index contributed by atoms with van der Waals surface area (Å²) < 4.78 is 12.7. The van der Waals surface area contributed by atoms with E-state index in [-0.39, 0.29) is 23.8 Å². The number of fused-ring (bicyclic) bond motifs is 1. The molecule has 0 bridgehead atoms. The zero-order valence-corrected chi connectivity index (χ0v) is 28.6. The Bertz CT molecular complexity index is 1650. The van der Waals surface area contributed by atoms with E-state index < -0.39 is 17.5 Å². The number of benzene rings is 3. The Balaban J connectivity index is 0.00000139. The number of esters is 2. The molecule has 0 fully saturated rings. The number of carbonyl (C=O) groups excluding carboxylic acids is 3. The fourth-order valence-corrected chi connectivity index (χ4v) is 5.23. The number of ether oxygens (including phenoxy) is 2. The van der Waals surface area contributed by atoms with E-state index >= 15 is 0 Å². The van der Waals surface area contributed by atoms with Crippen LogP contribution in [-0.2, 0) is 22.4 Å². The molecule has 46 heavy (non-hydrogen) atoms. The number of carbonyl (C=O) groups is 3. The van der Waals surface area contributed by atoms with Crippen molar-refractivity contribution in [2.45, 2.75) is 80.9 Å². The highest BCUT2D eigenvalue weighted by Crippen LogP contribution is 2.35. The minimum absolute atomic E-state index is 0.0984. The van der Waals surface area contributed by atoms with Gasteiger partial charge in [0.15, 0.2) is 5.69 Å². The molecule has 0 saturated heterocycles. The molecule has 8 nitrogen and oxygen atoms in total. The molecule has 1 aliphatic rings. The smallest absolute Gasteiger partial charge is 0.359 e. The van der Waals surface area contributed by atoms with Gasteiger partial charge in [0.2, 0.25) is 0 Å². The summed E-state index contributed by atoms with van der Waals surface area (Å²) in [7, 11) is 0. The van der Waals surface area contributed by atoms with Gasteiger partial charge in [0.25, 0.3) is 5.91 Å². The molecule has 1 aliphatic heterocycles. The van der Waals surface area contributed by atoms with Crippen LogP contribution >= 0.6 is 0 Å². The first-order valence-electron chi connectivity index (χ1n) is 16.1. The number of para-hydroxylation sites is 1. The molecule has 8 heteroatoms. The van der Waals surface area contributed by atoms with Gasteiger partial charge in [0.05, 0.1) is 17.9 Å². The van der Waals surface area contributed by atoms with Crippen LogP contribution in [0.4, 0.5) is 0 Å². The highest BCUT2D eigenvalue weighted by Gasteiger charge is 2.31. The summed E-state index contributed by atoms with van der Waals surface area (Å²) in [6.45, 7) is 18.1. The second kappa shape index (κ2) is 16.0. The lowest BCUT2D eigenvalue weighted by atomic mass is 9.93. The Hall–Kier alpha value is -4.72. The zero-order valence-electron chi connectivity index (χ0n) is 28.6. The number of aromatic nitrogens is 2. The van der Waals surface area contributed by atoms with Gasteiger partial charge in [-0.25, -0.2) is 14.3 Å². The van der Waals surface area contributed by atoms with E-state index in [1.807, 2.05) is 83.1 Å². The zero-order chi connectivity index (χ0) is 34.0. The monoisotopic (exact) mass is 625 g/mol. The summed E-state index contributed by atoms with van der Waals surface area (Å²) in [5, 5.41) is 4.65. The summed E-state index contributed by atoms with van der Waals surface area (Å²) in [5.74, 6) is -1.37. The van der Waals surface area contributed by atoms with Gasteiger partial charge in [-0.05, 0) is 82.0 Å². The number of rotatable bonds is 6. The molecule has 1 amide bonds. The summed E-state index contributed by atoms with van der Waals surface area (Å²) >= 11 is 0. The minimum Gasteiger partial charge on any atom is -0.461 e. The lowest BCUT2D eigenvalue weighted by Crippen LogP contribution is -2.36. The third-order valence-electron chi connectivity index (χ3n) is 7.16. The first-order chi connectivity index (χ1) is 22.1. The van der Waals surface area contributed by atoms with E-state index in [0.717, 1.165) is 17.7 Å². The van der Waals surface area contributed by atoms with E-state index in [4.69, 9.17) is 9.47 Å². The van der Waals surface area contributed by atoms with E-state index in [2.05, 4.69) is 11.2 Å². The number of amides is 1. The molecular weight excluding hydrogens is 578 g/mol. The van der Waals surface area contributed by atoms with Crippen molar-refractivity contribution in [3.8, 4) is 16.8 Å². The molecule has 0 spiro atoms. The third kappa shape index (κ3) is 8.10. The van der Waals surface area contributed by atoms with Gasteiger partial charge in [-0.3, -0.25) is 4.79 Å². The fraction of sp³-hybridized carbons (Fsp3) is 0.368. The van der Waals surface area contributed by atoms with Crippen molar-refractivity contribution in [1.29, 1.82) is 0 Å². The second-order valence-corrected chi connectivity index (χ2v) is 11.3. The lowest BCUT2D eigenvalue weighted by molar-refractivity contribution is 0.00692. The van der Waals surface area contributed by atoms with E-state index in [9.17, 15) is 14.4 Å². The topological polar surface area (TPSA) is 90.7 Å². The van der Waals surface area contributed by atoms with Crippen LogP contribution in [0, 0.1) is 6.92 Å². The molecular formula is C38H47N3O5. The van der Waals surface area contributed by atoms with Gasteiger partial charge >= 0.3 is 11.9 Å². The number of nitrogens with zero attached hydrogens (tertiary/aromatic N) is 3. The molecule has 0 saturated carbocycles. The maximum absolute atomic E-state index is 14.3. The molecule has 3 aromatic carbocycles. The molecule has 0 radical (unpaired) electrons. The molecule has 0 N–H and O–H groups in total. The molecule has 0 atom stereocenters. The first kappa shape index (κ1) is 35.8. The van der Waals surface area contributed by atoms with E-state index in [1.54, 1.807) is 55.5 Å². The average Bonchev–Trinajstić information content (AvgIpc) is 3.42. The van der Waals surface area contributed by atoms with Crippen LogP contribution < -0.4 is 0 Å². The Labute approximate surface area is 273 Å². The van der Waals surface area contributed by atoms with Crippen molar-refractivity contribution in [3.05, 3.63) is 106 Å². The Morgan fingerprint density at radius 1 is 0.848 bits per heavy atom. The summed E-state index contributed by atoms with van der Waals surface area (Å²) in [6.07, 6.45) is 0.724. The highest BCUT2D eigenvalue weighted by molar-refractivity contribution is 6.06. The van der Waals surface area contributed by atoms with Crippen molar-refractivity contribution < 1.29 is 23.9 Å². The fourth-order valence-electron chi connectivity index (χ4n) is 5.23. The van der Waals surface area contributed by atoms with Crippen LogP contribution in [-0.4, -0.2) is 51.3 Å². The van der Waals surface area contributed by atoms with Crippen LogP contribution in [0.25, 0.3) is 16.8 Å². The lowest BCUT2D eigenvalue weighted by Gasteiger charge is -2.30. The van der Waals surface area contributed by atoms with Gasteiger partial charge < -0.3 is 14.4 Å². The Morgan fingerprint density at radius 2 is 1.48 bits per heavy atom. The quantitative estimate of drug-likeness (QED) is 0.201. The minimum atomic E-state index is -0.707. The van der Waals surface area contributed by atoms with Crippen molar-refractivity contribution in [2.75, 3.05) is 13.2 Å². The van der Waals surface area contributed by atoms with Gasteiger partial charge in [0.1, 0.15) is 5.60 Å². The summed E-state index contributed by atoms with van der Waals surface area (Å²) in [5.41, 5.74) is 4.63. The second-order valence-electron chi connectivity index (χ2n) is 11.3. The molecule has 5 rings (SSSR count). The van der Waals surface area contributed by atoms with Crippen LogP contribution in [0.15, 0.2) is 72.8 Å². The standard InChI is InChI=1S/C34H35N3O5.2C2H6/c1-6-41-33(40)30-29(22(2)37(35-30)26-14-8-7-9-15-26)27-17-16-24(32(39)42-34(3,4)5)20-28(27)31(38)36-19-18-23-12-10-11-13-25(23)21-36;2*1-2/h7-17,20H,6,18-19,21H2,1-5H3;2*1-2H3. The average molecular weight is 626 g/mol. The molecule has 1 aromatic heterocycles. The third-order valence-corrected chi connectivity index (χ3v) is 7.16. The molecule has 0 aliphatic carbocycles. The molecule has 0 unspecified atom stereocenters. The number of hydrogen-bond acceptors (Lipinski definition) is 6. The SMILES string of the molecule is CC.CC.CCOC(=O)c1nn(-c2ccccc2)c(C)c1-c1ccc(C(=O)OC(C)(C)C)cc1C(=O)N1CCc2ccccc2C1. The predicted molar refractivity (Wildman–Crippen MR) is 182 cm³/mol. The number of hydrogen-bond donors (Lipinski definition) is 0. The molecule has 2 heterocycles. The molecule has 244 valence electrons. The maximum atomic E-state index is 14.3. The van der Waals surface area contributed by atoms with Crippen molar-refractivity contribution in [2.24, 2.45) is 0 Å². The highest BCUT2D eigenvalue weighted by atomic mass is 16.6. The van der Waals surface area contributed by atoms with Gasteiger partial charge in [0, 0.05) is 29.9 Å². The Morgan fingerprint density at radius 3 is 2.11 bits per heavy atom. The van der Waals surface area contributed by atoms with Gasteiger partial charge in [-0.2, -0.15) is 5.10 Å². The van der Waals surface area contributed by atoms with Crippen molar-refractivity contribution in [3.63, 3.8) is 0 Å². The summed E-state index contributed by atoms with van der Waals surface area (Å²) in [6, 6.07) is 22.4. The van der Waals surface area contributed by atoms with E-state index in [0.29, 0.717) is 35.5 Å². The Kier molecular flexibility index (Phi) is 12.5. The van der Waals surface area contributed by atoms with Gasteiger partial charge in [-0.15, -0.1) is 0 Å². The normalized spacial score (nSPS) is 12.1. The van der Waals surface area contributed by atoms with Crippen LogP contribution in [0.2, 0.25) is 0 Å². The van der Waals surface area contributed by atoms with Crippen LogP contribution in [0.5, 0.6) is 0 Å². The molecule has 4 aromatic rings. The van der Waals surface area contributed by atoms with Crippen LogP contribution in [0.3, 0.4) is 0 Å².